The maximum absolute atomic E-state index is 3.53. The van der Waals surface area contributed by atoms with Gasteiger partial charge in [-0.2, -0.15) is 0 Å². The van der Waals surface area contributed by atoms with Crippen molar-refractivity contribution in [3.63, 3.8) is 0 Å². The lowest BCUT2D eigenvalue weighted by Crippen LogP contribution is -2.29. The molecule has 3 heteroatoms. The molecule has 0 amide bonds. The van der Waals surface area contributed by atoms with Crippen LogP contribution >= 0.6 is 11.3 Å². The number of hydrogen-bond donors (Lipinski definition) is 1. The van der Waals surface area contributed by atoms with Crippen LogP contribution in [0, 0.1) is 5.92 Å². The van der Waals surface area contributed by atoms with Crippen molar-refractivity contribution >= 4 is 11.3 Å². The van der Waals surface area contributed by atoms with E-state index < -0.39 is 0 Å². The zero-order chi connectivity index (χ0) is 12.8. The molecular formula is C15H26N2S. The van der Waals surface area contributed by atoms with Crippen LogP contribution in [0.1, 0.15) is 38.0 Å². The highest BCUT2D eigenvalue weighted by Gasteiger charge is 2.28. The molecule has 0 unspecified atom stereocenters. The van der Waals surface area contributed by atoms with Gasteiger partial charge in [-0.3, -0.25) is 4.90 Å². The van der Waals surface area contributed by atoms with Crippen LogP contribution in [0.25, 0.3) is 0 Å². The van der Waals surface area contributed by atoms with E-state index in [9.17, 15) is 0 Å². The zero-order valence-corrected chi connectivity index (χ0v) is 12.5. The van der Waals surface area contributed by atoms with E-state index in [1.165, 1.54) is 30.7 Å². The minimum Gasteiger partial charge on any atom is -0.316 e. The summed E-state index contributed by atoms with van der Waals surface area (Å²) in [6.07, 6.45) is 4.09. The topological polar surface area (TPSA) is 15.3 Å². The summed E-state index contributed by atoms with van der Waals surface area (Å²) < 4.78 is 0. The van der Waals surface area contributed by atoms with E-state index >= 15 is 0 Å². The third-order valence-corrected chi connectivity index (χ3v) is 4.21. The van der Waals surface area contributed by atoms with Crippen LogP contribution in [0.4, 0.5) is 0 Å². The number of nitrogens with one attached hydrogen (secondary N) is 1. The molecule has 1 aliphatic carbocycles. The molecular weight excluding hydrogens is 240 g/mol. The number of hydrogen-bond acceptors (Lipinski definition) is 3. The maximum Gasteiger partial charge on any atom is 0.0330 e. The summed E-state index contributed by atoms with van der Waals surface area (Å²) in [7, 11) is 0. The van der Waals surface area contributed by atoms with Crippen molar-refractivity contribution in [3.8, 4) is 0 Å². The predicted molar refractivity (Wildman–Crippen MR) is 80.1 cm³/mol. The predicted octanol–water partition coefficient (Wildman–Crippen LogP) is 3.35. The second kappa shape index (κ2) is 7.27. The van der Waals surface area contributed by atoms with E-state index in [2.05, 4.69) is 41.6 Å². The molecule has 1 saturated carbocycles. The molecule has 2 nitrogen and oxygen atoms in total. The summed E-state index contributed by atoms with van der Waals surface area (Å²) >= 11 is 1.89. The third kappa shape index (κ3) is 5.09. The van der Waals surface area contributed by atoms with Gasteiger partial charge in [0.05, 0.1) is 0 Å². The van der Waals surface area contributed by atoms with Gasteiger partial charge in [-0.15, -0.1) is 11.3 Å². The summed E-state index contributed by atoms with van der Waals surface area (Å²) in [5.41, 5.74) is 0. The largest absolute Gasteiger partial charge is 0.316 e. The van der Waals surface area contributed by atoms with Crippen LogP contribution in [-0.4, -0.2) is 30.6 Å². The van der Waals surface area contributed by atoms with Crippen LogP contribution in [0.3, 0.4) is 0 Å². The van der Waals surface area contributed by atoms with Gasteiger partial charge in [-0.1, -0.05) is 19.9 Å². The third-order valence-electron chi connectivity index (χ3n) is 3.35. The van der Waals surface area contributed by atoms with Crippen LogP contribution in [0.5, 0.6) is 0 Å². The summed E-state index contributed by atoms with van der Waals surface area (Å²) in [5.74, 6) is 0.760. The van der Waals surface area contributed by atoms with Gasteiger partial charge in [0.1, 0.15) is 0 Å². The average molecular weight is 266 g/mol. The lowest BCUT2D eigenvalue weighted by atomic mass is 10.2. The Balaban J connectivity index is 1.64. The first kappa shape index (κ1) is 14.0. The molecule has 0 bridgehead atoms. The van der Waals surface area contributed by atoms with Crippen molar-refractivity contribution in [2.75, 3.05) is 19.6 Å². The lowest BCUT2D eigenvalue weighted by molar-refractivity contribution is 0.252. The SMILES string of the molecule is CC(C)CNCCCN(Cc1cccs1)C1CC1. The van der Waals surface area contributed by atoms with Crippen molar-refractivity contribution in [2.24, 2.45) is 5.92 Å². The monoisotopic (exact) mass is 266 g/mol. The Morgan fingerprint density at radius 1 is 1.44 bits per heavy atom. The molecule has 0 aliphatic heterocycles. The van der Waals surface area contributed by atoms with Gasteiger partial charge >= 0.3 is 0 Å². The van der Waals surface area contributed by atoms with Gasteiger partial charge in [0.25, 0.3) is 0 Å². The van der Waals surface area contributed by atoms with Crippen LogP contribution in [0.15, 0.2) is 17.5 Å². The molecule has 1 aromatic rings. The van der Waals surface area contributed by atoms with Gasteiger partial charge in [0.15, 0.2) is 0 Å². The molecule has 1 heterocycles. The van der Waals surface area contributed by atoms with Crippen molar-refractivity contribution in [1.29, 1.82) is 0 Å². The number of nitrogens with zero attached hydrogens (tertiary/aromatic N) is 1. The summed E-state index contributed by atoms with van der Waals surface area (Å²) in [6.45, 7) is 9.24. The van der Waals surface area contributed by atoms with Crippen molar-refractivity contribution < 1.29 is 0 Å². The molecule has 0 aromatic carbocycles. The number of rotatable bonds is 9. The second-order valence-corrected chi connectivity index (χ2v) is 6.76. The summed E-state index contributed by atoms with van der Waals surface area (Å²) in [6, 6.07) is 5.30. The number of thiophene rings is 1. The average Bonchev–Trinajstić information content (AvgIpc) is 3.05. The van der Waals surface area contributed by atoms with Crippen molar-refractivity contribution in [1.82, 2.24) is 10.2 Å². The van der Waals surface area contributed by atoms with E-state index in [0.717, 1.165) is 31.6 Å². The Morgan fingerprint density at radius 2 is 2.28 bits per heavy atom. The maximum atomic E-state index is 3.53. The Hall–Kier alpha value is -0.380. The Kier molecular flexibility index (Phi) is 5.67. The smallest absolute Gasteiger partial charge is 0.0330 e. The van der Waals surface area contributed by atoms with Gasteiger partial charge < -0.3 is 5.32 Å². The molecule has 1 aliphatic rings. The normalized spacial score (nSPS) is 15.8. The Labute approximate surface area is 115 Å². The molecule has 0 radical (unpaired) electrons. The molecule has 1 fully saturated rings. The molecule has 18 heavy (non-hydrogen) atoms. The zero-order valence-electron chi connectivity index (χ0n) is 11.7. The second-order valence-electron chi connectivity index (χ2n) is 5.73. The minimum atomic E-state index is 0.760. The van der Waals surface area contributed by atoms with E-state index in [4.69, 9.17) is 0 Å². The molecule has 0 saturated heterocycles. The first-order valence-corrected chi connectivity index (χ1v) is 8.11. The molecule has 1 N–H and O–H groups in total. The van der Waals surface area contributed by atoms with Crippen LogP contribution < -0.4 is 5.32 Å². The lowest BCUT2D eigenvalue weighted by Gasteiger charge is -2.21. The molecule has 0 atom stereocenters. The molecule has 2 rings (SSSR count). The van der Waals surface area contributed by atoms with E-state index in [-0.39, 0.29) is 0 Å². The van der Waals surface area contributed by atoms with E-state index in [0.29, 0.717) is 0 Å². The van der Waals surface area contributed by atoms with Gasteiger partial charge in [-0.05, 0) is 49.7 Å². The first-order chi connectivity index (χ1) is 8.75. The standard InChI is InChI=1S/C15H26N2S/c1-13(2)11-16-8-4-9-17(14-6-7-14)12-15-5-3-10-18-15/h3,5,10,13-14,16H,4,6-9,11-12H2,1-2H3. The Bertz CT molecular complexity index is 317. The van der Waals surface area contributed by atoms with Crippen molar-refractivity contribution in [3.05, 3.63) is 22.4 Å². The fraction of sp³-hybridized carbons (Fsp3) is 0.733. The minimum absolute atomic E-state index is 0.760. The molecule has 102 valence electrons. The highest BCUT2D eigenvalue weighted by Crippen LogP contribution is 2.29. The van der Waals surface area contributed by atoms with Crippen LogP contribution in [-0.2, 0) is 6.54 Å². The Morgan fingerprint density at radius 3 is 2.89 bits per heavy atom. The van der Waals surface area contributed by atoms with Gasteiger partial charge in [0, 0.05) is 24.0 Å². The highest BCUT2D eigenvalue weighted by atomic mass is 32.1. The molecule has 1 aromatic heterocycles. The first-order valence-electron chi connectivity index (χ1n) is 7.23. The summed E-state index contributed by atoms with van der Waals surface area (Å²) in [4.78, 5) is 4.18. The van der Waals surface area contributed by atoms with E-state index in [1.54, 1.807) is 0 Å². The summed E-state index contributed by atoms with van der Waals surface area (Å²) in [5, 5.41) is 5.72. The molecule has 0 spiro atoms. The quantitative estimate of drug-likeness (QED) is 0.690. The van der Waals surface area contributed by atoms with Crippen LogP contribution in [0.2, 0.25) is 0 Å². The van der Waals surface area contributed by atoms with Gasteiger partial charge in [0.2, 0.25) is 0 Å². The fourth-order valence-corrected chi connectivity index (χ4v) is 2.96. The highest BCUT2D eigenvalue weighted by molar-refractivity contribution is 7.09. The van der Waals surface area contributed by atoms with E-state index in [1.807, 2.05) is 11.3 Å². The fourth-order valence-electron chi connectivity index (χ4n) is 2.23. The van der Waals surface area contributed by atoms with Crippen molar-refractivity contribution in [2.45, 2.75) is 45.7 Å². The van der Waals surface area contributed by atoms with Gasteiger partial charge in [-0.25, -0.2) is 0 Å².